The van der Waals surface area contributed by atoms with Crippen molar-refractivity contribution in [3.05, 3.63) is 104 Å². The number of benzene rings is 2. The van der Waals surface area contributed by atoms with E-state index in [-0.39, 0.29) is 43.1 Å². The molecule has 3 heterocycles. The van der Waals surface area contributed by atoms with Crippen LogP contribution in [0.3, 0.4) is 0 Å². The number of pyridine rings is 2. The number of aliphatic hydroxyl groups excluding tert-OH is 1. The lowest BCUT2D eigenvalue weighted by atomic mass is 9.95. The summed E-state index contributed by atoms with van der Waals surface area (Å²) in [6.45, 7) is 0.622. The highest BCUT2D eigenvalue weighted by Crippen LogP contribution is 2.35. The number of rotatable bonds is 6. The minimum atomic E-state index is -1.38. The number of nitrogens with zero attached hydrogens (tertiary/aromatic N) is 4. The number of aromatic carboxylic acids is 1. The van der Waals surface area contributed by atoms with E-state index < -0.39 is 23.1 Å². The summed E-state index contributed by atoms with van der Waals surface area (Å²) in [4.78, 5) is 33.8. The molecule has 8 nitrogen and oxygen atoms in total. The van der Waals surface area contributed by atoms with E-state index >= 15 is 0 Å². The second-order valence-electron chi connectivity index (χ2n) is 9.44. The van der Waals surface area contributed by atoms with Crippen LogP contribution in [0.4, 0.5) is 14.5 Å². The fourth-order valence-electron chi connectivity index (χ4n) is 5.30. The summed E-state index contributed by atoms with van der Waals surface area (Å²) in [6, 6.07) is 12.8. The number of carbonyl (C=O) groups is 1. The van der Waals surface area contributed by atoms with E-state index in [1.54, 1.807) is 35.2 Å². The zero-order valence-corrected chi connectivity index (χ0v) is 22.5. The van der Waals surface area contributed by atoms with Gasteiger partial charge in [-0.3, -0.25) is 14.7 Å². The zero-order chi connectivity index (χ0) is 27.8. The van der Waals surface area contributed by atoms with E-state index in [0.29, 0.717) is 22.1 Å². The summed E-state index contributed by atoms with van der Waals surface area (Å²) in [7, 11) is 1.49. The largest absolute Gasteiger partial charge is 0.477 e. The van der Waals surface area contributed by atoms with Crippen molar-refractivity contribution in [1.82, 2.24) is 14.5 Å². The third-order valence-electron chi connectivity index (χ3n) is 7.14. The van der Waals surface area contributed by atoms with Gasteiger partial charge in [-0.05, 0) is 57.4 Å². The summed E-state index contributed by atoms with van der Waals surface area (Å²) < 4.78 is 29.3. The summed E-state index contributed by atoms with van der Waals surface area (Å²) >= 11 is 3.36. The highest BCUT2D eigenvalue weighted by atomic mass is 79.9. The number of carboxylic acid groups (broad SMARTS) is 1. The van der Waals surface area contributed by atoms with E-state index in [1.807, 2.05) is 0 Å². The minimum absolute atomic E-state index is 0.159. The van der Waals surface area contributed by atoms with Crippen molar-refractivity contribution in [1.29, 1.82) is 0 Å². The Kier molecular flexibility index (Phi) is 7.48. The molecule has 39 heavy (non-hydrogen) atoms. The maximum atomic E-state index is 13.7. The van der Waals surface area contributed by atoms with Crippen LogP contribution in [-0.4, -0.2) is 62.9 Å². The molecule has 4 aromatic rings. The van der Waals surface area contributed by atoms with Crippen LogP contribution in [0.5, 0.6) is 0 Å². The van der Waals surface area contributed by atoms with Gasteiger partial charge in [-0.15, -0.1) is 0 Å². The maximum absolute atomic E-state index is 13.7. The Morgan fingerprint density at radius 1 is 1.08 bits per heavy atom. The third kappa shape index (κ3) is 5.05. The Bertz CT molecular complexity index is 1550. The SMILES string of the molecule is Cn1c(=O)c(C(=O)O)c(N2CCN(C(c3ccc(F)cc3)c3ccc(F)cc3)C[C@@H]2CO)c2ncc(Br)cc21. The second-order valence-corrected chi connectivity index (χ2v) is 10.4. The lowest BCUT2D eigenvalue weighted by Crippen LogP contribution is -2.56. The standard InChI is InChI=1S/C28H25BrF2N4O4/c1-33-22-12-18(29)13-32-24(22)26(23(27(33)37)28(38)39)35-11-10-34(14-21(35)15-36)25(16-2-6-19(30)7-3-16)17-4-8-20(31)9-5-17/h2-9,12-13,21,25,36H,10-11,14-15H2,1H3,(H,38,39)/t21-/m1/s1. The maximum Gasteiger partial charge on any atom is 0.343 e. The molecule has 0 unspecified atom stereocenters. The van der Waals surface area contributed by atoms with Crippen molar-refractivity contribution in [2.45, 2.75) is 12.1 Å². The first-order chi connectivity index (χ1) is 18.7. The van der Waals surface area contributed by atoms with Crippen LogP contribution < -0.4 is 10.5 Å². The number of carboxylic acids is 1. The average Bonchev–Trinajstić information content (AvgIpc) is 2.92. The van der Waals surface area contributed by atoms with E-state index in [9.17, 15) is 28.6 Å². The molecule has 2 aromatic carbocycles. The molecule has 2 aromatic heterocycles. The topological polar surface area (TPSA) is 98.9 Å². The van der Waals surface area contributed by atoms with Crippen LogP contribution in [0.1, 0.15) is 27.5 Å². The fourth-order valence-corrected chi connectivity index (χ4v) is 5.62. The Morgan fingerprint density at radius 2 is 1.67 bits per heavy atom. The van der Waals surface area contributed by atoms with Gasteiger partial charge in [0, 0.05) is 37.4 Å². The van der Waals surface area contributed by atoms with Gasteiger partial charge in [0.2, 0.25) is 0 Å². The van der Waals surface area contributed by atoms with Gasteiger partial charge < -0.3 is 19.7 Å². The van der Waals surface area contributed by atoms with Crippen molar-refractivity contribution in [2.24, 2.45) is 7.05 Å². The molecule has 1 aliphatic heterocycles. The van der Waals surface area contributed by atoms with E-state index in [2.05, 4.69) is 25.8 Å². The predicted octanol–water partition coefficient (Wildman–Crippen LogP) is 3.94. The minimum Gasteiger partial charge on any atom is -0.477 e. The Balaban J connectivity index is 1.59. The average molecular weight is 599 g/mol. The first-order valence-electron chi connectivity index (χ1n) is 12.2. The third-order valence-corrected chi connectivity index (χ3v) is 7.57. The van der Waals surface area contributed by atoms with Crippen LogP contribution in [0.15, 0.2) is 70.1 Å². The van der Waals surface area contributed by atoms with E-state index in [1.165, 1.54) is 42.1 Å². The molecule has 0 aliphatic carbocycles. The molecule has 2 N–H and O–H groups in total. The Labute approximate surface area is 230 Å². The van der Waals surface area contributed by atoms with Gasteiger partial charge in [0.05, 0.1) is 29.9 Å². The molecule has 0 spiro atoms. The molecule has 11 heteroatoms. The van der Waals surface area contributed by atoms with Gasteiger partial charge in [-0.1, -0.05) is 24.3 Å². The quantitative estimate of drug-likeness (QED) is 0.347. The van der Waals surface area contributed by atoms with Crippen molar-refractivity contribution in [3.8, 4) is 0 Å². The van der Waals surface area contributed by atoms with Crippen LogP contribution in [-0.2, 0) is 7.05 Å². The summed E-state index contributed by atoms with van der Waals surface area (Å²) in [5.74, 6) is -2.15. The monoisotopic (exact) mass is 598 g/mol. The van der Waals surface area contributed by atoms with Crippen LogP contribution >= 0.6 is 15.9 Å². The van der Waals surface area contributed by atoms with Crippen LogP contribution in [0.25, 0.3) is 11.0 Å². The normalized spacial score (nSPS) is 16.3. The van der Waals surface area contributed by atoms with Crippen LogP contribution in [0, 0.1) is 11.6 Å². The molecular formula is C28H25BrF2N4O4. The van der Waals surface area contributed by atoms with Crippen molar-refractivity contribution in [2.75, 3.05) is 31.1 Å². The molecule has 0 bridgehead atoms. The first-order valence-corrected chi connectivity index (χ1v) is 13.0. The molecular weight excluding hydrogens is 574 g/mol. The summed E-state index contributed by atoms with van der Waals surface area (Å²) in [5, 5.41) is 20.5. The lowest BCUT2D eigenvalue weighted by molar-refractivity contribution is 0.0694. The number of anilines is 1. The molecule has 0 amide bonds. The van der Waals surface area contributed by atoms with E-state index in [0.717, 1.165) is 11.1 Å². The van der Waals surface area contributed by atoms with Gasteiger partial charge in [-0.25, -0.2) is 13.6 Å². The highest BCUT2D eigenvalue weighted by molar-refractivity contribution is 9.10. The zero-order valence-electron chi connectivity index (χ0n) is 20.9. The number of aromatic nitrogens is 2. The fraction of sp³-hybridized carbons (Fsp3) is 0.250. The number of hydrogen-bond acceptors (Lipinski definition) is 6. The molecule has 5 rings (SSSR count). The van der Waals surface area contributed by atoms with Gasteiger partial charge in [-0.2, -0.15) is 0 Å². The number of aliphatic hydroxyl groups is 1. The molecule has 202 valence electrons. The number of piperazine rings is 1. The van der Waals surface area contributed by atoms with Crippen molar-refractivity contribution in [3.63, 3.8) is 0 Å². The second kappa shape index (κ2) is 10.8. The smallest absolute Gasteiger partial charge is 0.343 e. The van der Waals surface area contributed by atoms with Gasteiger partial charge in [0.1, 0.15) is 17.2 Å². The van der Waals surface area contributed by atoms with Gasteiger partial charge in [0.15, 0.2) is 5.56 Å². The molecule has 1 fully saturated rings. The number of aryl methyl sites for hydroxylation is 1. The highest BCUT2D eigenvalue weighted by Gasteiger charge is 2.36. The Morgan fingerprint density at radius 3 is 2.21 bits per heavy atom. The number of fused-ring (bicyclic) bond motifs is 1. The molecule has 1 aliphatic rings. The number of halogens is 3. The number of hydrogen-bond donors (Lipinski definition) is 2. The summed E-state index contributed by atoms with van der Waals surface area (Å²) in [5.41, 5.74) is 1.41. The Hall–Kier alpha value is -3.67. The first kappa shape index (κ1) is 26.9. The van der Waals surface area contributed by atoms with Crippen molar-refractivity contribution < 1.29 is 23.8 Å². The van der Waals surface area contributed by atoms with Crippen LogP contribution in [0.2, 0.25) is 0 Å². The molecule has 0 saturated carbocycles. The molecule has 1 saturated heterocycles. The van der Waals surface area contributed by atoms with Gasteiger partial charge >= 0.3 is 5.97 Å². The molecule has 1 atom stereocenters. The molecule has 0 radical (unpaired) electrons. The van der Waals surface area contributed by atoms with E-state index in [4.69, 9.17) is 0 Å². The summed E-state index contributed by atoms with van der Waals surface area (Å²) in [6.07, 6.45) is 1.53. The predicted molar refractivity (Wildman–Crippen MR) is 146 cm³/mol. The van der Waals surface area contributed by atoms with Crippen molar-refractivity contribution >= 4 is 38.6 Å². The van der Waals surface area contributed by atoms with Gasteiger partial charge in [0.25, 0.3) is 5.56 Å². The lowest BCUT2D eigenvalue weighted by Gasteiger charge is -2.45.